The predicted molar refractivity (Wildman–Crippen MR) is 105 cm³/mol. The number of rotatable bonds is 5. The topological polar surface area (TPSA) is 70.2 Å². The molecule has 27 heavy (non-hydrogen) atoms. The maximum absolute atomic E-state index is 13.1. The maximum atomic E-state index is 13.1. The summed E-state index contributed by atoms with van der Waals surface area (Å²) in [7, 11) is 0. The van der Waals surface area contributed by atoms with Gasteiger partial charge in [-0.25, -0.2) is 0 Å². The summed E-state index contributed by atoms with van der Waals surface area (Å²) < 4.78 is 0. The zero-order valence-corrected chi connectivity index (χ0v) is 16.0. The second kappa shape index (κ2) is 8.33. The number of piperidine rings is 1. The molecule has 3 rings (SSSR count). The molecule has 0 radical (unpaired) electrons. The van der Waals surface area contributed by atoms with Gasteiger partial charge in [0, 0.05) is 23.8 Å². The molecular weight excluding hydrogens is 340 g/mol. The van der Waals surface area contributed by atoms with Crippen molar-refractivity contribution in [2.45, 2.75) is 52.0 Å². The Morgan fingerprint density at radius 2 is 1.89 bits per heavy atom. The van der Waals surface area contributed by atoms with Gasteiger partial charge in [-0.2, -0.15) is 0 Å². The molecule has 1 aliphatic rings. The van der Waals surface area contributed by atoms with Gasteiger partial charge in [0.25, 0.3) is 11.5 Å². The molecule has 5 nitrogen and oxygen atoms in total. The molecule has 0 spiro atoms. The van der Waals surface area contributed by atoms with Gasteiger partial charge in [0.1, 0.15) is 5.56 Å². The molecule has 0 unspecified atom stereocenters. The monoisotopic (exact) mass is 366 g/mol. The molecule has 142 valence electrons. The number of nitrogens with one attached hydrogen (secondary N) is 1. The molecule has 1 aliphatic heterocycles. The molecule has 1 aromatic carbocycles. The minimum Gasteiger partial charge on any atom is -0.335 e. The van der Waals surface area contributed by atoms with E-state index in [1.54, 1.807) is 6.92 Å². The highest BCUT2D eigenvalue weighted by Gasteiger charge is 2.29. The van der Waals surface area contributed by atoms with Crippen molar-refractivity contribution in [2.24, 2.45) is 0 Å². The van der Waals surface area contributed by atoms with Crippen molar-refractivity contribution in [2.75, 3.05) is 6.54 Å². The van der Waals surface area contributed by atoms with E-state index in [0.29, 0.717) is 17.8 Å². The van der Waals surface area contributed by atoms with Crippen LogP contribution in [0.15, 0.2) is 41.2 Å². The van der Waals surface area contributed by atoms with Crippen LogP contribution < -0.4 is 5.56 Å². The SMILES string of the molecule is CC(=O)c1cc(C(=O)N2CCCC[C@@H]2CCc2ccccc2)c(=O)[nH]c1C. The number of hydrogen-bond donors (Lipinski definition) is 1. The summed E-state index contributed by atoms with van der Waals surface area (Å²) in [5.74, 6) is -0.423. The molecule has 0 bridgehead atoms. The fourth-order valence-electron chi connectivity index (χ4n) is 3.85. The molecular formula is C22H26N2O3. The number of Topliss-reactive ketones (excluding diaryl/α,β-unsaturated/α-hetero) is 1. The first-order valence-electron chi connectivity index (χ1n) is 9.57. The van der Waals surface area contributed by atoms with Crippen LogP contribution in [0.5, 0.6) is 0 Å². The largest absolute Gasteiger partial charge is 0.335 e. The number of aryl methyl sites for hydroxylation is 2. The number of nitrogens with zero attached hydrogens (tertiary/aromatic N) is 1. The zero-order chi connectivity index (χ0) is 19.4. The van der Waals surface area contributed by atoms with Crippen molar-refractivity contribution in [1.29, 1.82) is 0 Å². The Labute approximate surface area is 159 Å². The van der Waals surface area contributed by atoms with Gasteiger partial charge in [-0.1, -0.05) is 30.3 Å². The Bertz CT molecular complexity index is 886. The number of benzene rings is 1. The number of H-pyrrole nitrogens is 1. The van der Waals surface area contributed by atoms with Gasteiger partial charge in [0.05, 0.1) is 0 Å². The van der Waals surface area contributed by atoms with Crippen LogP contribution in [0.1, 0.15) is 64.6 Å². The second-order valence-corrected chi connectivity index (χ2v) is 7.28. The average molecular weight is 366 g/mol. The molecule has 2 heterocycles. The summed E-state index contributed by atoms with van der Waals surface area (Å²) in [4.78, 5) is 41.8. The van der Waals surface area contributed by atoms with Crippen molar-refractivity contribution >= 4 is 11.7 Å². The van der Waals surface area contributed by atoms with Crippen LogP contribution >= 0.6 is 0 Å². The number of carbonyl (C=O) groups excluding carboxylic acids is 2. The molecule has 1 N–H and O–H groups in total. The van der Waals surface area contributed by atoms with E-state index < -0.39 is 5.56 Å². The highest BCUT2D eigenvalue weighted by atomic mass is 16.2. The van der Waals surface area contributed by atoms with E-state index in [1.165, 1.54) is 18.6 Å². The van der Waals surface area contributed by atoms with Gasteiger partial charge >= 0.3 is 0 Å². The van der Waals surface area contributed by atoms with Crippen LogP contribution in [0.3, 0.4) is 0 Å². The third-order valence-corrected chi connectivity index (χ3v) is 5.35. The van der Waals surface area contributed by atoms with E-state index in [0.717, 1.165) is 32.1 Å². The fraction of sp³-hybridized carbons (Fsp3) is 0.409. The van der Waals surface area contributed by atoms with Gasteiger partial charge in [-0.15, -0.1) is 0 Å². The summed E-state index contributed by atoms with van der Waals surface area (Å²) in [6, 6.07) is 11.8. The lowest BCUT2D eigenvalue weighted by atomic mass is 9.95. The summed E-state index contributed by atoms with van der Waals surface area (Å²) in [6.45, 7) is 3.77. The quantitative estimate of drug-likeness (QED) is 0.823. The minimum atomic E-state index is -0.421. The average Bonchev–Trinajstić information content (AvgIpc) is 2.66. The minimum absolute atomic E-state index is 0.0670. The first-order chi connectivity index (χ1) is 13.0. The number of likely N-dealkylation sites (tertiary alicyclic amines) is 1. The van der Waals surface area contributed by atoms with Gasteiger partial charge in [0.2, 0.25) is 0 Å². The number of ketones is 1. The lowest BCUT2D eigenvalue weighted by molar-refractivity contribution is 0.0600. The summed E-state index contributed by atoms with van der Waals surface area (Å²) in [6.07, 6.45) is 4.75. The van der Waals surface area contributed by atoms with Gasteiger partial charge in [-0.05, 0) is 57.6 Å². The Morgan fingerprint density at radius 3 is 2.59 bits per heavy atom. The Kier molecular flexibility index (Phi) is 5.89. The normalized spacial score (nSPS) is 17.0. The molecule has 0 saturated carbocycles. The summed E-state index contributed by atoms with van der Waals surface area (Å²) in [5, 5.41) is 0. The molecule has 1 atom stereocenters. The highest BCUT2D eigenvalue weighted by molar-refractivity contribution is 6.00. The molecule has 2 aromatic rings. The van der Waals surface area contributed by atoms with Crippen LogP contribution in [-0.2, 0) is 6.42 Å². The van der Waals surface area contributed by atoms with E-state index in [1.807, 2.05) is 23.1 Å². The van der Waals surface area contributed by atoms with E-state index in [-0.39, 0.29) is 23.3 Å². The Hall–Kier alpha value is -2.69. The van der Waals surface area contributed by atoms with Gasteiger partial charge in [0.15, 0.2) is 5.78 Å². The molecule has 1 fully saturated rings. The van der Waals surface area contributed by atoms with Crippen molar-refractivity contribution in [1.82, 2.24) is 9.88 Å². The van der Waals surface area contributed by atoms with E-state index >= 15 is 0 Å². The van der Waals surface area contributed by atoms with Crippen LogP contribution in [0, 0.1) is 6.92 Å². The Balaban J connectivity index is 1.82. The lowest BCUT2D eigenvalue weighted by Gasteiger charge is -2.36. The summed E-state index contributed by atoms with van der Waals surface area (Å²) >= 11 is 0. The highest BCUT2D eigenvalue weighted by Crippen LogP contribution is 2.23. The number of carbonyl (C=O) groups is 2. The van der Waals surface area contributed by atoms with Gasteiger partial charge < -0.3 is 9.88 Å². The zero-order valence-electron chi connectivity index (χ0n) is 16.0. The second-order valence-electron chi connectivity index (χ2n) is 7.28. The van der Waals surface area contributed by atoms with Crippen LogP contribution in [-0.4, -0.2) is 34.2 Å². The smallest absolute Gasteiger partial charge is 0.261 e. The molecule has 1 saturated heterocycles. The van der Waals surface area contributed by atoms with Crippen molar-refractivity contribution < 1.29 is 9.59 Å². The summed E-state index contributed by atoms with van der Waals surface area (Å²) in [5.41, 5.74) is 1.80. The number of aromatic amines is 1. The third-order valence-electron chi connectivity index (χ3n) is 5.35. The number of hydrogen-bond acceptors (Lipinski definition) is 3. The number of pyridine rings is 1. The predicted octanol–water partition coefficient (Wildman–Crippen LogP) is 3.51. The molecule has 5 heteroatoms. The standard InChI is InChI=1S/C22H26N2O3/c1-15-19(16(2)25)14-20(21(26)23-15)22(27)24-13-7-6-10-18(24)12-11-17-8-4-3-5-9-17/h3-5,8-9,14,18H,6-7,10-13H2,1-2H3,(H,23,26)/t18-/m1/s1. The van der Waals surface area contributed by atoms with E-state index in [4.69, 9.17) is 0 Å². The van der Waals surface area contributed by atoms with Crippen molar-refractivity contribution in [3.8, 4) is 0 Å². The van der Waals surface area contributed by atoms with Crippen LogP contribution in [0.2, 0.25) is 0 Å². The number of amides is 1. The third kappa shape index (κ3) is 4.35. The first kappa shape index (κ1) is 19.1. The maximum Gasteiger partial charge on any atom is 0.261 e. The van der Waals surface area contributed by atoms with Crippen LogP contribution in [0.4, 0.5) is 0 Å². The van der Waals surface area contributed by atoms with Crippen molar-refractivity contribution in [3.63, 3.8) is 0 Å². The Morgan fingerprint density at radius 1 is 1.15 bits per heavy atom. The van der Waals surface area contributed by atoms with Crippen LogP contribution in [0.25, 0.3) is 0 Å². The van der Waals surface area contributed by atoms with E-state index in [2.05, 4.69) is 17.1 Å². The van der Waals surface area contributed by atoms with E-state index in [9.17, 15) is 14.4 Å². The number of aromatic nitrogens is 1. The first-order valence-corrected chi connectivity index (χ1v) is 9.57. The van der Waals surface area contributed by atoms with Gasteiger partial charge in [-0.3, -0.25) is 14.4 Å². The fourth-order valence-corrected chi connectivity index (χ4v) is 3.85. The van der Waals surface area contributed by atoms with Crippen molar-refractivity contribution in [3.05, 3.63) is 69.1 Å². The molecule has 1 aromatic heterocycles. The molecule has 1 amide bonds. The molecule has 0 aliphatic carbocycles. The lowest BCUT2D eigenvalue weighted by Crippen LogP contribution is -2.45.